The first-order chi connectivity index (χ1) is 14.9. The molecular formula is C25H25ClN2O2S. The number of nitrogens with zero attached hydrogens (tertiary/aromatic N) is 2. The molecule has 6 heteroatoms. The van der Waals surface area contributed by atoms with Gasteiger partial charge >= 0.3 is 0 Å². The van der Waals surface area contributed by atoms with Gasteiger partial charge in [0.2, 0.25) is 0 Å². The fourth-order valence-electron chi connectivity index (χ4n) is 5.29. The van der Waals surface area contributed by atoms with E-state index in [9.17, 15) is 9.90 Å². The monoisotopic (exact) mass is 452 g/mol. The van der Waals surface area contributed by atoms with E-state index in [2.05, 4.69) is 61.3 Å². The number of hydrogen-bond acceptors (Lipinski definition) is 4. The highest BCUT2D eigenvalue weighted by Crippen LogP contribution is 2.51. The predicted octanol–water partition coefficient (Wildman–Crippen LogP) is 5.81. The molecule has 2 aliphatic rings. The van der Waals surface area contributed by atoms with Crippen molar-refractivity contribution in [2.24, 2.45) is 0 Å². The van der Waals surface area contributed by atoms with Crippen LogP contribution in [0.1, 0.15) is 65.9 Å². The standard InChI is InChI=1S/C25H25ClN2O2S/c1-15(2)17-5-3-4-6-18(17)16-7-8-20-19(11-16)22(29)12-25(20)9-10-28(14-25)23(30)21-13-31-24(26)27-21/h3-8,11,13,15,22,29H,9-10,12,14H2,1-2H3/t22-,25+/m1/s1. The molecule has 2 heterocycles. The van der Waals surface area contributed by atoms with Crippen molar-refractivity contribution < 1.29 is 9.90 Å². The summed E-state index contributed by atoms with van der Waals surface area (Å²) in [4.78, 5) is 18.9. The number of benzene rings is 2. The summed E-state index contributed by atoms with van der Waals surface area (Å²) in [6.07, 6.45) is 0.992. The van der Waals surface area contributed by atoms with Crippen molar-refractivity contribution in [2.75, 3.05) is 13.1 Å². The maximum Gasteiger partial charge on any atom is 0.273 e. The second-order valence-electron chi connectivity index (χ2n) is 9.01. The van der Waals surface area contributed by atoms with Crippen LogP contribution in [0.5, 0.6) is 0 Å². The summed E-state index contributed by atoms with van der Waals surface area (Å²) in [6.45, 7) is 5.68. The second kappa shape index (κ2) is 7.73. The number of amides is 1. The van der Waals surface area contributed by atoms with Gasteiger partial charge in [0.25, 0.3) is 5.91 Å². The Morgan fingerprint density at radius 3 is 2.84 bits per heavy atom. The third-order valence-electron chi connectivity index (χ3n) is 6.80. The first-order valence-electron chi connectivity index (χ1n) is 10.7. The lowest BCUT2D eigenvalue weighted by Crippen LogP contribution is -2.33. The third kappa shape index (κ3) is 3.49. The quantitative estimate of drug-likeness (QED) is 0.545. The molecule has 1 saturated heterocycles. The molecule has 2 aromatic carbocycles. The van der Waals surface area contributed by atoms with E-state index in [-0.39, 0.29) is 11.3 Å². The van der Waals surface area contributed by atoms with Crippen LogP contribution in [0.3, 0.4) is 0 Å². The van der Waals surface area contributed by atoms with Crippen LogP contribution >= 0.6 is 22.9 Å². The molecule has 160 valence electrons. The summed E-state index contributed by atoms with van der Waals surface area (Å²) >= 11 is 7.19. The number of hydrogen-bond donors (Lipinski definition) is 1. The van der Waals surface area contributed by atoms with E-state index in [1.165, 1.54) is 28.0 Å². The summed E-state index contributed by atoms with van der Waals surface area (Å²) in [5, 5.41) is 12.7. The largest absolute Gasteiger partial charge is 0.388 e. The van der Waals surface area contributed by atoms with Gasteiger partial charge < -0.3 is 10.0 Å². The average molecular weight is 453 g/mol. The van der Waals surface area contributed by atoms with E-state index in [1.54, 1.807) is 5.38 Å². The topological polar surface area (TPSA) is 53.4 Å². The molecule has 0 radical (unpaired) electrons. The fourth-order valence-corrected chi connectivity index (χ4v) is 6.02. The van der Waals surface area contributed by atoms with Crippen LogP contribution in [0.25, 0.3) is 11.1 Å². The Morgan fingerprint density at radius 2 is 2.10 bits per heavy atom. The average Bonchev–Trinajstić information content (AvgIpc) is 3.46. The van der Waals surface area contributed by atoms with Crippen molar-refractivity contribution in [1.82, 2.24) is 9.88 Å². The van der Waals surface area contributed by atoms with Crippen molar-refractivity contribution in [3.05, 3.63) is 74.7 Å². The highest BCUT2D eigenvalue weighted by molar-refractivity contribution is 7.14. The molecule has 2 atom stereocenters. The molecule has 4 nitrogen and oxygen atoms in total. The predicted molar refractivity (Wildman–Crippen MR) is 125 cm³/mol. The molecule has 3 aromatic rings. The van der Waals surface area contributed by atoms with E-state index < -0.39 is 6.10 Å². The van der Waals surface area contributed by atoms with Crippen LogP contribution in [0.15, 0.2) is 47.8 Å². The van der Waals surface area contributed by atoms with E-state index in [0.29, 0.717) is 35.6 Å². The first-order valence-corrected chi connectivity index (χ1v) is 12.0. The highest BCUT2D eigenvalue weighted by Gasteiger charge is 2.48. The lowest BCUT2D eigenvalue weighted by molar-refractivity contribution is 0.0771. The van der Waals surface area contributed by atoms with Crippen LogP contribution in [-0.4, -0.2) is 34.0 Å². The Bertz CT molecular complexity index is 1160. The number of halogens is 1. The van der Waals surface area contributed by atoms with Crippen LogP contribution in [0, 0.1) is 0 Å². The lowest BCUT2D eigenvalue weighted by atomic mass is 9.80. The van der Waals surface area contributed by atoms with Crippen molar-refractivity contribution in [3.63, 3.8) is 0 Å². The molecule has 1 spiro atoms. The minimum atomic E-state index is -0.509. The smallest absolute Gasteiger partial charge is 0.273 e. The number of likely N-dealkylation sites (tertiary alicyclic amines) is 1. The summed E-state index contributed by atoms with van der Waals surface area (Å²) in [5.74, 6) is 0.347. The van der Waals surface area contributed by atoms with Crippen molar-refractivity contribution in [2.45, 2.75) is 44.1 Å². The minimum absolute atomic E-state index is 0.0783. The Kier molecular flexibility index (Phi) is 5.16. The van der Waals surface area contributed by atoms with Crippen LogP contribution < -0.4 is 0 Å². The van der Waals surface area contributed by atoms with E-state index in [1.807, 2.05) is 4.90 Å². The van der Waals surface area contributed by atoms with Gasteiger partial charge in [0.05, 0.1) is 6.10 Å². The van der Waals surface area contributed by atoms with Gasteiger partial charge in [-0.15, -0.1) is 11.3 Å². The SMILES string of the molecule is CC(C)c1ccccc1-c1ccc2c(c1)[C@H](O)C[C@]21CCN(C(=O)c2csc(Cl)n2)C1. The number of aromatic nitrogens is 1. The molecule has 5 rings (SSSR count). The summed E-state index contributed by atoms with van der Waals surface area (Å²) in [6, 6.07) is 15.0. The van der Waals surface area contributed by atoms with Gasteiger partial charge in [0, 0.05) is 23.9 Å². The number of aliphatic hydroxyl groups excluding tert-OH is 1. The van der Waals surface area contributed by atoms with Gasteiger partial charge in [0.1, 0.15) is 5.69 Å². The van der Waals surface area contributed by atoms with Crippen LogP contribution in [0.4, 0.5) is 0 Å². The minimum Gasteiger partial charge on any atom is -0.388 e. The van der Waals surface area contributed by atoms with Crippen LogP contribution in [-0.2, 0) is 5.41 Å². The van der Waals surface area contributed by atoms with Gasteiger partial charge in [0.15, 0.2) is 4.47 Å². The van der Waals surface area contributed by atoms with E-state index in [4.69, 9.17) is 11.6 Å². The van der Waals surface area contributed by atoms with Gasteiger partial charge in [-0.05, 0) is 52.6 Å². The van der Waals surface area contributed by atoms with Gasteiger partial charge in [-0.1, -0.05) is 61.8 Å². The molecule has 1 fully saturated rings. The molecule has 1 N–H and O–H groups in total. The molecule has 0 bridgehead atoms. The maximum absolute atomic E-state index is 12.9. The van der Waals surface area contributed by atoms with Gasteiger partial charge in [-0.3, -0.25) is 4.79 Å². The summed E-state index contributed by atoms with van der Waals surface area (Å²) < 4.78 is 0.383. The maximum atomic E-state index is 12.9. The zero-order chi connectivity index (χ0) is 21.8. The van der Waals surface area contributed by atoms with Crippen molar-refractivity contribution in [1.29, 1.82) is 0 Å². The molecular weight excluding hydrogens is 428 g/mol. The Labute approximate surface area is 191 Å². The number of aliphatic hydroxyl groups is 1. The van der Waals surface area contributed by atoms with Crippen molar-refractivity contribution in [3.8, 4) is 11.1 Å². The second-order valence-corrected chi connectivity index (χ2v) is 10.4. The third-order valence-corrected chi connectivity index (χ3v) is 7.77. The first kappa shape index (κ1) is 20.7. The number of fused-ring (bicyclic) bond motifs is 2. The number of carbonyl (C=O) groups is 1. The lowest BCUT2D eigenvalue weighted by Gasteiger charge is -2.25. The summed E-state index contributed by atoms with van der Waals surface area (Å²) in [7, 11) is 0. The Morgan fingerprint density at radius 1 is 1.29 bits per heavy atom. The van der Waals surface area contributed by atoms with E-state index in [0.717, 1.165) is 17.5 Å². The molecule has 31 heavy (non-hydrogen) atoms. The molecule has 1 aromatic heterocycles. The number of rotatable bonds is 3. The Balaban J connectivity index is 1.47. The molecule has 1 amide bonds. The normalized spacial score (nSPS) is 22.5. The fraction of sp³-hybridized carbons (Fsp3) is 0.360. The molecule has 1 aliphatic heterocycles. The molecule has 0 unspecified atom stereocenters. The van der Waals surface area contributed by atoms with Gasteiger partial charge in [-0.2, -0.15) is 0 Å². The molecule has 1 aliphatic carbocycles. The summed E-state index contributed by atoms with van der Waals surface area (Å²) in [5.41, 5.74) is 6.06. The van der Waals surface area contributed by atoms with E-state index >= 15 is 0 Å². The van der Waals surface area contributed by atoms with Gasteiger partial charge in [-0.25, -0.2) is 4.98 Å². The zero-order valence-electron chi connectivity index (χ0n) is 17.6. The van der Waals surface area contributed by atoms with Crippen LogP contribution in [0.2, 0.25) is 4.47 Å². The van der Waals surface area contributed by atoms with Crippen molar-refractivity contribution >= 4 is 28.8 Å². The number of thiazole rings is 1. The molecule has 0 saturated carbocycles. The Hall–Kier alpha value is -2.21. The highest BCUT2D eigenvalue weighted by atomic mass is 35.5. The zero-order valence-corrected chi connectivity index (χ0v) is 19.2. The number of carbonyl (C=O) groups excluding carboxylic acids is 1.